The van der Waals surface area contributed by atoms with E-state index in [1.54, 1.807) is 24.3 Å². The van der Waals surface area contributed by atoms with Crippen LogP contribution < -0.4 is 4.83 Å². The van der Waals surface area contributed by atoms with Crippen molar-refractivity contribution in [2.75, 3.05) is 0 Å². The van der Waals surface area contributed by atoms with E-state index in [2.05, 4.69) is 30.7 Å². The van der Waals surface area contributed by atoms with Crippen LogP contribution in [0.5, 0.6) is 0 Å². The van der Waals surface area contributed by atoms with Gasteiger partial charge in [-0.05, 0) is 49.7 Å². The van der Waals surface area contributed by atoms with E-state index in [1.807, 2.05) is 6.92 Å². The molecule has 2 saturated carbocycles. The molecule has 0 spiro atoms. The van der Waals surface area contributed by atoms with Crippen LogP contribution in [0.2, 0.25) is 0 Å². The fourth-order valence-electron chi connectivity index (χ4n) is 4.02. The Balaban J connectivity index is 1.83. The molecular formula is C17H24N2O2S. The van der Waals surface area contributed by atoms with Gasteiger partial charge in [0.05, 0.1) is 4.90 Å². The predicted molar refractivity (Wildman–Crippen MR) is 88.1 cm³/mol. The monoisotopic (exact) mass is 320 g/mol. The van der Waals surface area contributed by atoms with Crippen LogP contribution in [0.1, 0.15) is 39.2 Å². The molecule has 2 aliphatic rings. The van der Waals surface area contributed by atoms with Gasteiger partial charge in [0.1, 0.15) is 0 Å². The van der Waals surface area contributed by atoms with Crippen LogP contribution in [0.15, 0.2) is 34.3 Å². The van der Waals surface area contributed by atoms with E-state index < -0.39 is 10.0 Å². The molecule has 2 fully saturated rings. The summed E-state index contributed by atoms with van der Waals surface area (Å²) in [6, 6.07) is 6.83. The number of benzene rings is 1. The van der Waals surface area contributed by atoms with E-state index in [9.17, 15) is 8.42 Å². The Morgan fingerprint density at radius 1 is 1.27 bits per heavy atom. The first kappa shape index (κ1) is 15.5. The topological polar surface area (TPSA) is 58.5 Å². The third-order valence-corrected chi connectivity index (χ3v) is 6.69. The first-order valence-corrected chi connectivity index (χ1v) is 9.41. The molecule has 5 heteroatoms. The number of hydrogen-bond donors (Lipinski definition) is 1. The fourth-order valence-corrected chi connectivity index (χ4v) is 4.85. The maximum Gasteiger partial charge on any atom is 0.276 e. The van der Waals surface area contributed by atoms with E-state index in [-0.39, 0.29) is 10.3 Å². The molecule has 22 heavy (non-hydrogen) atoms. The van der Waals surface area contributed by atoms with Gasteiger partial charge in [-0.2, -0.15) is 13.5 Å². The second-order valence-corrected chi connectivity index (χ2v) is 8.81. The molecule has 0 amide bonds. The first-order valence-electron chi connectivity index (χ1n) is 7.93. The van der Waals surface area contributed by atoms with Crippen LogP contribution in [0.25, 0.3) is 0 Å². The molecule has 1 N–H and O–H groups in total. The van der Waals surface area contributed by atoms with Crippen molar-refractivity contribution in [3.63, 3.8) is 0 Å². The molecule has 1 aromatic rings. The number of sulfonamides is 1. The van der Waals surface area contributed by atoms with E-state index in [0.29, 0.717) is 17.8 Å². The van der Waals surface area contributed by atoms with Gasteiger partial charge >= 0.3 is 0 Å². The van der Waals surface area contributed by atoms with Gasteiger partial charge in [0.2, 0.25) is 0 Å². The molecule has 0 radical (unpaired) electrons. The molecule has 0 bridgehead atoms. The van der Waals surface area contributed by atoms with Crippen molar-refractivity contribution in [2.45, 2.75) is 45.4 Å². The average Bonchev–Trinajstić information content (AvgIpc) is 3.15. The summed E-state index contributed by atoms with van der Waals surface area (Å²) >= 11 is 0. The third-order valence-electron chi connectivity index (χ3n) is 5.46. The van der Waals surface area contributed by atoms with Gasteiger partial charge in [0.15, 0.2) is 0 Å². The van der Waals surface area contributed by atoms with Crippen LogP contribution in [0.3, 0.4) is 0 Å². The summed E-state index contributed by atoms with van der Waals surface area (Å²) in [5, 5.41) is 4.34. The average molecular weight is 320 g/mol. The molecule has 120 valence electrons. The summed E-state index contributed by atoms with van der Waals surface area (Å²) in [5.41, 5.74) is 2.21. The summed E-state index contributed by atoms with van der Waals surface area (Å²) in [4.78, 5) is 2.72. The fraction of sp³-hybridized carbons (Fsp3) is 0.588. The van der Waals surface area contributed by atoms with Gasteiger partial charge in [0.25, 0.3) is 10.0 Å². The molecule has 3 atom stereocenters. The minimum atomic E-state index is -3.58. The van der Waals surface area contributed by atoms with Gasteiger partial charge in [-0.3, -0.25) is 0 Å². The highest BCUT2D eigenvalue weighted by atomic mass is 32.2. The van der Waals surface area contributed by atoms with E-state index in [0.717, 1.165) is 24.1 Å². The largest absolute Gasteiger partial charge is 0.276 e. The zero-order valence-corrected chi connectivity index (χ0v) is 14.4. The summed E-state index contributed by atoms with van der Waals surface area (Å²) < 4.78 is 24.7. The number of aryl methyl sites for hydroxylation is 1. The predicted octanol–water partition coefficient (Wildman–Crippen LogP) is 3.33. The van der Waals surface area contributed by atoms with Crippen LogP contribution in [-0.4, -0.2) is 14.1 Å². The summed E-state index contributed by atoms with van der Waals surface area (Å²) in [5.74, 6) is 1.78. The molecule has 1 aromatic carbocycles. The van der Waals surface area contributed by atoms with Crippen molar-refractivity contribution >= 4 is 15.7 Å². The normalized spacial score (nSPS) is 32.3. The summed E-state index contributed by atoms with van der Waals surface area (Å²) in [6.45, 7) is 8.60. The highest BCUT2D eigenvalue weighted by molar-refractivity contribution is 7.89. The first-order chi connectivity index (χ1) is 10.3. The second kappa shape index (κ2) is 5.08. The molecule has 2 aliphatic carbocycles. The molecular weight excluding hydrogens is 296 g/mol. The van der Waals surface area contributed by atoms with Crippen LogP contribution in [-0.2, 0) is 10.0 Å². The lowest BCUT2D eigenvalue weighted by Gasteiger charge is -2.19. The highest BCUT2D eigenvalue weighted by Crippen LogP contribution is 2.67. The van der Waals surface area contributed by atoms with E-state index in [1.165, 1.54) is 0 Å². The van der Waals surface area contributed by atoms with E-state index in [4.69, 9.17) is 0 Å². The summed E-state index contributed by atoms with van der Waals surface area (Å²) in [7, 11) is -3.58. The zero-order valence-electron chi connectivity index (χ0n) is 13.6. The van der Waals surface area contributed by atoms with Crippen molar-refractivity contribution in [3.8, 4) is 0 Å². The lowest BCUT2D eigenvalue weighted by Crippen LogP contribution is -2.25. The van der Waals surface area contributed by atoms with Gasteiger partial charge in [-0.15, -0.1) is 0 Å². The third kappa shape index (κ3) is 2.35. The Morgan fingerprint density at radius 2 is 1.91 bits per heavy atom. The Labute approximate surface area is 133 Å². The quantitative estimate of drug-likeness (QED) is 0.865. The smallest absolute Gasteiger partial charge is 0.200 e. The maximum atomic E-state index is 12.4. The van der Waals surface area contributed by atoms with Crippen LogP contribution in [0.4, 0.5) is 0 Å². The van der Waals surface area contributed by atoms with E-state index >= 15 is 0 Å². The van der Waals surface area contributed by atoms with Crippen molar-refractivity contribution in [2.24, 2.45) is 28.3 Å². The maximum absolute atomic E-state index is 12.4. The molecule has 0 saturated heterocycles. The lowest BCUT2D eigenvalue weighted by molar-refractivity contribution is 0.423. The number of hydrazone groups is 1. The Hall–Kier alpha value is -1.36. The van der Waals surface area contributed by atoms with Crippen molar-refractivity contribution in [1.29, 1.82) is 0 Å². The number of fused-ring (bicyclic) bond motifs is 1. The van der Waals surface area contributed by atoms with Gasteiger partial charge in [-0.1, -0.05) is 38.5 Å². The Kier molecular flexibility index (Phi) is 3.59. The molecule has 3 rings (SSSR count). The molecule has 0 aromatic heterocycles. The van der Waals surface area contributed by atoms with Crippen LogP contribution in [0, 0.1) is 30.1 Å². The lowest BCUT2D eigenvalue weighted by atomic mass is 9.88. The zero-order chi connectivity index (χ0) is 16.1. The van der Waals surface area contributed by atoms with Crippen LogP contribution >= 0.6 is 0 Å². The number of nitrogens with zero attached hydrogens (tertiary/aromatic N) is 1. The van der Waals surface area contributed by atoms with Gasteiger partial charge < -0.3 is 0 Å². The van der Waals surface area contributed by atoms with Crippen molar-refractivity contribution < 1.29 is 8.42 Å². The molecule has 0 aliphatic heterocycles. The highest BCUT2D eigenvalue weighted by Gasteiger charge is 2.65. The molecule has 0 heterocycles. The Morgan fingerprint density at radius 3 is 2.45 bits per heavy atom. The van der Waals surface area contributed by atoms with Crippen molar-refractivity contribution in [1.82, 2.24) is 4.83 Å². The summed E-state index contributed by atoms with van der Waals surface area (Å²) in [6.07, 6.45) is 2.05. The number of hydrogen-bond acceptors (Lipinski definition) is 3. The minimum Gasteiger partial charge on any atom is -0.200 e. The Bertz CT molecular complexity index is 707. The molecule has 4 nitrogen and oxygen atoms in total. The standard InChI is InChI=1S/C17H24N2O2S/c1-11(2)17-10-15(17)13(4)9-16(17)18-19-22(20,21)14-7-5-12(3)6-8-14/h5-8,11,13,15,19H,9-10H2,1-4H3/b18-16+/t13-,15-,17+/m0/s1. The van der Waals surface area contributed by atoms with Gasteiger partial charge in [-0.25, -0.2) is 4.83 Å². The number of rotatable bonds is 4. The minimum absolute atomic E-state index is 0.134. The molecule has 0 unspecified atom stereocenters. The van der Waals surface area contributed by atoms with Gasteiger partial charge in [0, 0.05) is 11.1 Å². The van der Waals surface area contributed by atoms with Crippen molar-refractivity contribution in [3.05, 3.63) is 29.8 Å². The SMILES string of the molecule is Cc1ccc(S(=O)(=O)N/N=C2\C[C@H](C)[C@@H]3C[C@]23C(C)C)cc1. The second-order valence-electron chi connectivity index (χ2n) is 7.15. The number of nitrogens with one attached hydrogen (secondary N) is 1.